The molecule has 0 bridgehead atoms. The smallest absolute Gasteiger partial charge is 0.221 e. The highest BCUT2D eigenvalue weighted by atomic mass is 16.5. The minimum absolute atomic E-state index is 0.0651. The first-order valence-corrected chi connectivity index (χ1v) is 8.77. The van der Waals surface area contributed by atoms with E-state index in [9.17, 15) is 9.59 Å². The van der Waals surface area contributed by atoms with Gasteiger partial charge in [0.15, 0.2) is 5.78 Å². The van der Waals surface area contributed by atoms with Crippen LogP contribution in [0.15, 0.2) is 54.6 Å². The number of ether oxygens (including phenoxy) is 1. The van der Waals surface area contributed by atoms with E-state index in [0.717, 1.165) is 23.4 Å². The molecule has 2 aromatic carbocycles. The lowest BCUT2D eigenvalue weighted by molar-refractivity contribution is -0.114. The van der Waals surface area contributed by atoms with Crippen molar-refractivity contribution in [3.63, 3.8) is 0 Å². The Bertz CT molecular complexity index is 759. The number of ketones is 1. The summed E-state index contributed by atoms with van der Waals surface area (Å²) in [4.78, 5) is 23.3. The Morgan fingerprint density at radius 3 is 2.27 bits per heavy atom. The predicted molar refractivity (Wildman–Crippen MR) is 106 cm³/mol. The van der Waals surface area contributed by atoms with E-state index in [1.165, 1.54) is 6.92 Å². The van der Waals surface area contributed by atoms with Gasteiger partial charge in [0.25, 0.3) is 0 Å². The lowest BCUT2D eigenvalue weighted by atomic mass is 10.1. The van der Waals surface area contributed by atoms with Crippen LogP contribution in [0, 0.1) is 5.92 Å². The Morgan fingerprint density at radius 2 is 1.69 bits per heavy atom. The maximum atomic E-state index is 12.3. The van der Waals surface area contributed by atoms with E-state index >= 15 is 0 Å². The van der Waals surface area contributed by atoms with E-state index in [0.29, 0.717) is 18.1 Å². The standard InChI is InChI=1S/C22H25NO3/c1-16(2)14-15-26-21-11-7-19(8-12-21)22(25)13-6-18-4-9-20(10-5-18)23-17(3)24/h4-13,16H,14-15H2,1-3H3,(H,23,24)/b13-6+. The minimum Gasteiger partial charge on any atom is -0.494 e. The molecule has 0 aromatic heterocycles. The van der Waals surface area contributed by atoms with Crippen LogP contribution >= 0.6 is 0 Å². The van der Waals surface area contributed by atoms with Gasteiger partial charge in [-0.3, -0.25) is 9.59 Å². The average Bonchev–Trinajstić information content (AvgIpc) is 2.60. The third-order valence-corrected chi connectivity index (χ3v) is 3.76. The van der Waals surface area contributed by atoms with Crippen LogP contribution < -0.4 is 10.1 Å². The third kappa shape index (κ3) is 6.55. The summed E-state index contributed by atoms with van der Waals surface area (Å²) < 4.78 is 5.66. The van der Waals surface area contributed by atoms with Crippen molar-refractivity contribution >= 4 is 23.5 Å². The highest BCUT2D eigenvalue weighted by molar-refractivity contribution is 6.06. The van der Waals surface area contributed by atoms with Gasteiger partial charge >= 0.3 is 0 Å². The van der Waals surface area contributed by atoms with Gasteiger partial charge < -0.3 is 10.1 Å². The van der Waals surface area contributed by atoms with Gasteiger partial charge in [0.2, 0.25) is 5.91 Å². The molecule has 0 saturated heterocycles. The monoisotopic (exact) mass is 351 g/mol. The van der Waals surface area contributed by atoms with Gasteiger partial charge in [0.1, 0.15) is 5.75 Å². The maximum Gasteiger partial charge on any atom is 0.221 e. The number of rotatable bonds is 8. The molecule has 4 heteroatoms. The van der Waals surface area contributed by atoms with Crippen LogP contribution in [0.5, 0.6) is 5.75 Å². The molecule has 0 atom stereocenters. The van der Waals surface area contributed by atoms with E-state index in [1.54, 1.807) is 36.4 Å². The number of hydrogen-bond donors (Lipinski definition) is 1. The highest BCUT2D eigenvalue weighted by Crippen LogP contribution is 2.15. The molecular formula is C22H25NO3. The van der Waals surface area contributed by atoms with Crippen LogP contribution in [0.25, 0.3) is 6.08 Å². The Kier molecular flexibility index (Phi) is 7.15. The number of amides is 1. The predicted octanol–water partition coefficient (Wildman–Crippen LogP) is 4.97. The van der Waals surface area contributed by atoms with Crippen LogP contribution in [0.3, 0.4) is 0 Å². The quantitative estimate of drug-likeness (QED) is 0.540. The molecule has 0 radical (unpaired) electrons. The van der Waals surface area contributed by atoms with Gasteiger partial charge in [0, 0.05) is 18.2 Å². The van der Waals surface area contributed by atoms with Crippen LogP contribution in [0.1, 0.15) is 43.1 Å². The second kappa shape index (κ2) is 9.56. The fraction of sp³-hybridized carbons (Fsp3) is 0.273. The first-order chi connectivity index (χ1) is 12.4. The van der Waals surface area contributed by atoms with Crippen molar-refractivity contribution in [3.8, 4) is 5.75 Å². The number of carbonyl (C=O) groups is 2. The van der Waals surface area contributed by atoms with E-state index in [4.69, 9.17) is 4.74 Å². The molecule has 0 spiro atoms. The molecule has 0 aliphatic rings. The second-order valence-electron chi connectivity index (χ2n) is 6.56. The fourth-order valence-corrected chi connectivity index (χ4v) is 2.28. The van der Waals surface area contributed by atoms with Crippen molar-refractivity contribution in [2.45, 2.75) is 27.2 Å². The van der Waals surface area contributed by atoms with Crippen molar-refractivity contribution in [3.05, 3.63) is 65.7 Å². The summed E-state index contributed by atoms with van der Waals surface area (Å²) in [6, 6.07) is 14.5. The molecule has 1 amide bonds. The molecule has 26 heavy (non-hydrogen) atoms. The summed E-state index contributed by atoms with van der Waals surface area (Å²) in [5.74, 6) is 1.21. The second-order valence-corrected chi connectivity index (χ2v) is 6.56. The molecule has 136 valence electrons. The van der Waals surface area contributed by atoms with Gasteiger partial charge in [-0.15, -0.1) is 0 Å². The average molecular weight is 351 g/mol. The number of allylic oxidation sites excluding steroid dienone is 1. The molecule has 0 aliphatic carbocycles. The first-order valence-electron chi connectivity index (χ1n) is 8.77. The number of hydrogen-bond acceptors (Lipinski definition) is 3. The summed E-state index contributed by atoms with van der Waals surface area (Å²) in [6.07, 6.45) is 4.30. The lowest BCUT2D eigenvalue weighted by Gasteiger charge is -2.08. The normalized spacial score (nSPS) is 10.9. The van der Waals surface area contributed by atoms with E-state index < -0.39 is 0 Å². The van der Waals surface area contributed by atoms with Gasteiger partial charge in [-0.05, 0) is 60.4 Å². The third-order valence-electron chi connectivity index (χ3n) is 3.76. The first kappa shape index (κ1) is 19.4. The molecule has 0 unspecified atom stereocenters. The maximum absolute atomic E-state index is 12.3. The van der Waals surface area contributed by atoms with E-state index in [-0.39, 0.29) is 11.7 Å². The van der Waals surface area contributed by atoms with E-state index in [1.807, 2.05) is 24.3 Å². The molecule has 1 N–H and O–H groups in total. The van der Waals surface area contributed by atoms with E-state index in [2.05, 4.69) is 19.2 Å². The van der Waals surface area contributed by atoms with Crippen molar-refractivity contribution in [2.24, 2.45) is 5.92 Å². The SMILES string of the molecule is CC(=O)Nc1ccc(/C=C/C(=O)c2ccc(OCCC(C)C)cc2)cc1. The number of carbonyl (C=O) groups excluding carboxylic acids is 2. The molecule has 0 saturated carbocycles. The Hall–Kier alpha value is -2.88. The van der Waals surface area contributed by atoms with Gasteiger partial charge in [-0.25, -0.2) is 0 Å². The lowest BCUT2D eigenvalue weighted by Crippen LogP contribution is -2.05. The number of nitrogens with one attached hydrogen (secondary N) is 1. The van der Waals surface area contributed by atoms with Crippen LogP contribution in [-0.4, -0.2) is 18.3 Å². The largest absolute Gasteiger partial charge is 0.494 e. The Morgan fingerprint density at radius 1 is 1.04 bits per heavy atom. The molecule has 0 heterocycles. The Labute approximate surface area is 154 Å². The number of benzene rings is 2. The molecule has 0 fully saturated rings. The summed E-state index contributed by atoms with van der Waals surface area (Å²) in [7, 11) is 0. The highest BCUT2D eigenvalue weighted by Gasteiger charge is 2.03. The zero-order chi connectivity index (χ0) is 18.9. The topological polar surface area (TPSA) is 55.4 Å². The van der Waals surface area contributed by atoms with Crippen molar-refractivity contribution in [1.82, 2.24) is 0 Å². The molecular weight excluding hydrogens is 326 g/mol. The summed E-state index contributed by atoms with van der Waals surface area (Å²) in [6.45, 7) is 6.46. The zero-order valence-electron chi connectivity index (χ0n) is 15.5. The fourth-order valence-electron chi connectivity index (χ4n) is 2.28. The van der Waals surface area contributed by atoms with Crippen LogP contribution in [0.4, 0.5) is 5.69 Å². The molecule has 4 nitrogen and oxygen atoms in total. The Balaban J connectivity index is 1.92. The molecule has 2 aromatic rings. The summed E-state index contributed by atoms with van der Waals surface area (Å²) >= 11 is 0. The van der Waals surface area contributed by atoms with Crippen LogP contribution in [-0.2, 0) is 4.79 Å². The van der Waals surface area contributed by atoms with Crippen molar-refractivity contribution < 1.29 is 14.3 Å². The zero-order valence-corrected chi connectivity index (χ0v) is 15.5. The number of anilines is 1. The van der Waals surface area contributed by atoms with Crippen molar-refractivity contribution in [1.29, 1.82) is 0 Å². The molecule has 2 rings (SSSR count). The van der Waals surface area contributed by atoms with Crippen LogP contribution in [0.2, 0.25) is 0 Å². The molecule has 0 aliphatic heterocycles. The summed E-state index contributed by atoms with van der Waals surface area (Å²) in [5, 5.41) is 2.71. The van der Waals surface area contributed by atoms with Gasteiger partial charge in [-0.1, -0.05) is 32.1 Å². The van der Waals surface area contributed by atoms with Gasteiger partial charge in [0.05, 0.1) is 6.61 Å². The minimum atomic E-state index is -0.111. The van der Waals surface area contributed by atoms with Gasteiger partial charge in [-0.2, -0.15) is 0 Å². The van der Waals surface area contributed by atoms with Crippen molar-refractivity contribution in [2.75, 3.05) is 11.9 Å². The summed E-state index contributed by atoms with van der Waals surface area (Å²) in [5.41, 5.74) is 2.24.